The summed E-state index contributed by atoms with van der Waals surface area (Å²) in [6.07, 6.45) is 5.04. The molecule has 0 aliphatic carbocycles. The SMILES string of the molecule is CCOC(=O)C1=C(C)N=c2sc(=Cc3c(F)cccc3Cl)c(=O)n2C1C=Cc1ccccc1. The minimum Gasteiger partial charge on any atom is -0.463 e. The second kappa shape index (κ2) is 9.68. The Morgan fingerprint density at radius 2 is 2.00 bits per heavy atom. The van der Waals surface area contributed by atoms with Crippen LogP contribution in [-0.2, 0) is 9.53 Å². The molecule has 0 saturated carbocycles. The van der Waals surface area contributed by atoms with Crippen molar-refractivity contribution in [1.82, 2.24) is 4.57 Å². The van der Waals surface area contributed by atoms with E-state index in [9.17, 15) is 14.0 Å². The number of nitrogens with zero attached hydrogens (tertiary/aromatic N) is 2. The van der Waals surface area contributed by atoms with Gasteiger partial charge in [-0.25, -0.2) is 14.2 Å². The van der Waals surface area contributed by atoms with Crippen LogP contribution in [0, 0.1) is 5.82 Å². The Hall–Kier alpha value is -3.29. The number of fused-ring (bicyclic) bond motifs is 1. The minimum atomic E-state index is -0.723. The third-order valence-electron chi connectivity index (χ3n) is 5.11. The van der Waals surface area contributed by atoms with Crippen molar-refractivity contribution in [3.63, 3.8) is 0 Å². The van der Waals surface area contributed by atoms with Gasteiger partial charge in [0.2, 0.25) is 0 Å². The molecule has 1 aliphatic heterocycles. The zero-order chi connectivity index (χ0) is 23.5. The van der Waals surface area contributed by atoms with Crippen molar-refractivity contribution >= 4 is 41.1 Å². The van der Waals surface area contributed by atoms with Crippen LogP contribution in [0.25, 0.3) is 12.2 Å². The predicted molar refractivity (Wildman–Crippen MR) is 128 cm³/mol. The summed E-state index contributed by atoms with van der Waals surface area (Å²) >= 11 is 7.26. The Morgan fingerprint density at radius 3 is 2.70 bits per heavy atom. The Labute approximate surface area is 198 Å². The van der Waals surface area contributed by atoms with E-state index in [0.717, 1.165) is 16.9 Å². The quantitative estimate of drug-likeness (QED) is 0.511. The third-order valence-corrected chi connectivity index (χ3v) is 6.42. The molecule has 2 aromatic carbocycles. The molecule has 1 aromatic heterocycles. The lowest BCUT2D eigenvalue weighted by Gasteiger charge is -2.21. The highest BCUT2D eigenvalue weighted by molar-refractivity contribution is 7.07. The van der Waals surface area contributed by atoms with Gasteiger partial charge < -0.3 is 4.74 Å². The average molecular weight is 483 g/mol. The van der Waals surface area contributed by atoms with Gasteiger partial charge in [0.05, 0.1) is 33.5 Å². The van der Waals surface area contributed by atoms with Crippen molar-refractivity contribution in [2.75, 3.05) is 6.61 Å². The number of benzene rings is 2. The van der Waals surface area contributed by atoms with Crippen LogP contribution in [0.5, 0.6) is 0 Å². The van der Waals surface area contributed by atoms with E-state index >= 15 is 0 Å². The highest BCUT2D eigenvalue weighted by Crippen LogP contribution is 2.26. The van der Waals surface area contributed by atoms with Crippen LogP contribution in [0.2, 0.25) is 5.02 Å². The van der Waals surface area contributed by atoms with Crippen LogP contribution in [0.15, 0.2) is 75.7 Å². The number of esters is 1. The normalized spacial score (nSPS) is 16.1. The fourth-order valence-corrected chi connectivity index (χ4v) is 4.82. The molecule has 0 radical (unpaired) electrons. The summed E-state index contributed by atoms with van der Waals surface area (Å²) in [6, 6.07) is 13.2. The molecule has 8 heteroatoms. The van der Waals surface area contributed by atoms with E-state index in [4.69, 9.17) is 16.3 Å². The highest BCUT2D eigenvalue weighted by Gasteiger charge is 2.30. The topological polar surface area (TPSA) is 60.7 Å². The number of thiazole rings is 1. The zero-order valence-corrected chi connectivity index (χ0v) is 19.5. The molecule has 1 atom stereocenters. The van der Waals surface area contributed by atoms with Gasteiger partial charge in [-0.05, 0) is 37.6 Å². The fourth-order valence-electron chi connectivity index (χ4n) is 3.56. The van der Waals surface area contributed by atoms with E-state index in [-0.39, 0.29) is 27.3 Å². The average Bonchev–Trinajstić information content (AvgIpc) is 3.10. The summed E-state index contributed by atoms with van der Waals surface area (Å²) in [7, 11) is 0. The maximum absolute atomic E-state index is 14.3. The first-order chi connectivity index (χ1) is 15.9. The number of halogens is 2. The number of ether oxygens (including phenoxy) is 1. The number of hydrogen-bond acceptors (Lipinski definition) is 5. The summed E-state index contributed by atoms with van der Waals surface area (Å²) in [5, 5.41) is 0.199. The number of rotatable bonds is 5. The first-order valence-corrected chi connectivity index (χ1v) is 11.5. The maximum atomic E-state index is 14.3. The van der Waals surface area contributed by atoms with E-state index in [1.807, 2.05) is 36.4 Å². The number of aromatic nitrogens is 1. The Morgan fingerprint density at radius 1 is 1.24 bits per heavy atom. The van der Waals surface area contributed by atoms with Crippen molar-refractivity contribution in [2.45, 2.75) is 19.9 Å². The summed E-state index contributed by atoms with van der Waals surface area (Å²) < 4.78 is 21.3. The molecule has 0 amide bonds. The fraction of sp³-hybridized carbons (Fsp3) is 0.160. The van der Waals surface area contributed by atoms with Gasteiger partial charge in [-0.15, -0.1) is 0 Å². The molecular weight excluding hydrogens is 463 g/mol. The number of allylic oxidation sites excluding steroid dienone is 2. The second-order valence-electron chi connectivity index (χ2n) is 7.25. The minimum absolute atomic E-state index is 0.127. The molecule has 33 heavy (non-hydrogen) atoms. The van der Waals surface area contributed by atoms with E-state index < -0.39 is 23.4 Å². The van der Waals surface area contributed by atoms with Gasteiger partial charge in [-0.3, -0.25) is 9.36 Å². The van der Waals surface area contributed by atoms with Crippen molar-refractivity contribution in [3.8, 4) is 0 Å². The Bertz CT molecular complexity index is 1430. The standard InChI is InChI=1S/C25H20ClFN2O3S/c1-3-32-24(31)22-15(2)28-25-29(20(22)13-12-16-8-5-4-6-9-16)23(30)21(33-25)14-17-18(26)10-7-11-19(17)27/h4-14,20H,3H2,1-2H3. The molecule has 4 rings (SSSR count). The van der Waals surface area contributed by atoms with Crippen molar-refractivity contribution in [3.05, 3.63) is 108 Å². The molecule has 1 unspecified atom stereocenters. The van der Waals surface area contributed by atoms with Gasteiger partial charge in [-0.2, -0.15) is 0 Å². The number of carbonyl (C=O) groups is 1. The predicted octanol–water partition coefficient (Wildman–Crippen LogP) is 4.26. The number of carbonyl (C=O) groups excluding carboxylic acids is 1. The zero-order valence-electron chi connectivity index (χ0n) is 17.9. The van der Waals surface area contributed by atoms with Crippen LogP contribution < -0.4 is 14.9 Å². The molecule has 3 aromatic rings. The molecule has 1 aliphatic rings. The van der Waals surface area contributed by atoms with E-state index in [1.165, 1.54) is 22.8 Å². The molecule has 0 fully saturated rings. The van der Waals surface area contributed by atoms with Crippen LogP contribution >= 0.6 is 22.9 Å². The summed E-state index contributed by atoms with van der Waals surface area (Å²) in [5.74, 6) is -1.06. The summed E-state index contributed by atoms with van der Waals surface area (Å²) in [5.41, 5.74) is 1.40. The van der Waals surface area contributed by atoms with E-state index in [2.05, 4.69) is 4.99 Å². The van der Waals surface area contributed by atoms with E-state index in [1.54, 1.807) is 26.0 Å². The van der Waals surface area contributed by atoms with Gasteiger partial charge in [0.15, 0.2) is 4.80 Å². The van der Waals surface area contributed by atoms with Crippen molar-refractivity contribution in [2.24, 2.45) is 4.99 Å². The van der Waals surface area contributed by atoms with Crippen molar-refractivity contribution in [1.29, 1.82) is 0 Å². The van der Waals surface area contributed by atoms with Gasteiger partial charge in [-0.1, -0.05) is 71.5 Å². The van der Waals surface area contributed by atoms with Gasteiger partial charge >= 0.3 is 5.97 Å². The van der Waals surface area contributed by atoms with Gasteiger partial charge in [0.25, 0.3) is 5.56 Å². The Kier molecular flexibility index (Phi) is 6.72. The lowest BCUT2D eigenvalue weighted by atomic mass is 10.0. The van der Waals surface area contributed by atoms with Gasteiger partial charge in [0.1, 0.15) is 5.82 Å². The maximum Gasteiger partial charge on any atom is 0.338 e. The Balaban J connectivity index is 1.91. The van der Waals surface area contributed by atoms with Crippen molar-refractivity contribution < 1.29 is 13.9 Å². The first kappa shape index (κ1) is 22.9. The summed E-state index contributed by atoms with van der Waals surface area (Å²) in [4.78, 5) is 31.1. The van der Waals surface area contributed by atoms with E-state index in [0.29, 0.717) is 10.5 Å². The van der Waals surface area contributed by atoms with Crippen LogP contribution in [0.1, 0.15) is 31.0 Å². The molecule has 168 valence electrons. The lowest BCUT2D eigenvalue weighted by Crippen LogP contribution is -2.38. The molecule has 0 saturated heterocycles. The monoisotopic (exact) mass is 482 g/mol. The smallest absolute Gasteiger partial charge is 0.338 e. The molecule has 2 heterocycles. The molecule has 0 N–H and O–H groups in total. The van der Waals surface area contributed by atoms with Crippen LogP contribution in [0.4, 0.5) is 4.39 Å². The molecular formula is C25H20ClFN2O3S. The largest absolute Gasteiger partial charge is 0.463 e. The number of hydrogen-bond donors (Lipinski definition) is 0. The third kappa shape index (κ3) is 4.60. The van der Waals surface area contributed by atoms with Gasteiger partial charge in [0, 0.05) is 5.56 Å². The second-order valence-corrected chi connectivity index (χ2v) is 8.67. The highest BCUT2D eigenvalue weighted by atomic mass is 35.5. The van der Waals surface area contributed by atoms with Crippen LogP contribution in [0.3, 0.4) is 0 Å². The molecule has 5 nitrogen and oxygen atoms in total. The molecule has 0 spiro atoms. The van der Waals surface area contributed by atoms with Crippen LogP contribution in [-0.4, -0.2) is 17.1 Å². The lowest BCUT2D eigenvalue weighted by molar-refractivity contribution is -0.139. The molecule has 0 bridgehead atoms. The summed E-state index contributed by atoms with van der Waals surface area (Å²) in [6.45, 7) is 3.62. The first-order valence-electron chi connectivity index (χ1n) is 10.3.